The van der Waals surface area contributed by atoms with Crippen molar-refractivity contribution in [2.75, 3.05) is 46.2 Å². The zero-order valence-corrected chi connectivity index (χ0v) is 13.2. The second-order valence-corrected chi connectivity index (χ2v) is 6.93. The topological polar surface area (TPSA) is 85.7 Å². The van der Waals surface area contributed by atoms with Crippen molar-refractivity contribution in [3.63, 3.8) is 0 Å². The number of carbonyl (C=O) groups excluding carboxylic acids is 1. The van der Waals surface area contributed by atoms with Gasteiger partial charge in [0.05, 0.1) is 50.7 Å². The lowest BCUT2D eigenvalue weighted by Crippen LogP contribution is -2.38. The van der Waals surface area contributed by atoms with Crippen LogP contribution in [0.25, 0.3) is 0 Å². The average Bonchev–Trinajstić information content (AvgIpc) is 3.33. The summed E-state index contributed by atoms with van der Waals surface area (Å²) in [5.74, 6) is -0.162. The molecule has 0 spiro atoms. The predicted octanol–water partition coefficient (Wildman–Crippen LogP) is 0.298. The first-order valence-corrected chi connectivity index (χ1v) is 8.45. The van der Waals surface area contributed by atoms with Crippen LogP contribution in [0.4, 0.5) is 0 Å². The molecular formula is C16H24O7. The van der Waals surface area contributed by atoms with Crippen molar-refractivity contribution in [1.82, 2.24) is 0 Å². The number of ether oxygens (including phenoxy) is 6. The van der Waals surface area contributed by atoms with Crippen molar-refractivity contribution in [3.8, 4) is 0 Å². The van der Waals surface area contributed by atoms with E-state index < -0.39 is 5.41 Å². The number of esters is 1. The summed E-state index contributed by atoms with van der Waals surface area (Å²) in [5.41, 5.74) is -0.582. The molecule has 0 aromatic heterocycles. The van der Waals surface area contributed by atoms with Gasteiger partial charge in [-0.25, -0.2) is 0 Å². The number of hydrogen-bond donors (Lipinski definition) is 0. The van der Waals surface area contributed by atoms with E-state index in [4.69, 9.17) is 28.4 Å². The van der Waals surface area contributed by atoms with Crippen LogP contribution < -0.4 is 0 Å². The van der Waals surface area contributed by atoms with E-state index in [1.165, 1.54) is 0 Å². The molecule has 0 aliphatic carbocycles. The molecule has 0 amide bonds. The predicted molar refractivity (Wildman–Crippen MR) is 77.0 cm³/mol. The Morgan fingerprint density at radius 2 is 1.39 bits per heavy atom. The van der Waals surface area contributed by atoms with E-state index in [0.29, 0.717) is 45.7 Å². The Morgan fingerprint density at radius 1 is 0.870 bits per heavy atom. The van der Waals surface area contributed by atoms with Crippen molar-refractivity contribution >= 4 is 5.97 Å². The zero-order chi connectivity index (χ0) is 15.7. The van der Waals surface area contributed by atoms with Crippen molar-refractivity contribution in [3.05, 3.63) is 0 Å². The lowest BCUT2D eigenvalue weighted by atomic mass is 9.76. The average molecular weight is 328 g/mol. The summed E-state index contributed by atoms with van der Waals surface area (Å²) in [5, 5.41) is 0. The Morgan fingerprint density at radius 3 is 1.91 bits per heavy atom. The van der Waals surface area contributed by atoms with E-state index in [-0.39, 0.29) is 30.4 Å². The summed E-state index contributed by atoms with van der Waals surface area (Å²) >= 11 is 0. The molecule has 4 atom stereocenters. The first kappa shape index (κ1) is 15.8. The van der Waals surface area contributed by atoms with Gasteiger partial charge in [-0.15, -0.1) is 0 Å². The summed E-state index contributed by atoms with van der Waals surface area (Å²) in [6.07, 6.45) is 2.62. The summed E-state index contributed by atoms with van der Waals surface area (Å²) in [4.78, 5) is 12.8. The molecule has 23 heavy (non-hydrogen) atoms. The molecule has 4 heterocycles. The molecule has 0 radical (unpaired) electrons. The molecule has 4 saturated heterocycles. The van der Waals surface area contributed by atoms with Gasteiger partial charge in [0.2, 0.25) is 0 Å². The largest absolute Gasteiger partial charge is 0.462 e. The van der Waals surface area contributed by atoms with Crippen LogP contribution in [0.5, 0.6) is 0 Å². The van der Waals surface area contributed by atoms with Gasteiger partial charge in [-0.05, 0) is 19.3 Å². The minimum atomic E-state index is -0.582. The molecule has 4 aliphatic heterocycles. The van der Waals surface area contributed by atoms with E-state index in [1.54, 1.807) is 0 Å². The number of hydrogen-bond acceptors (Lipinski definition) is 7. The maximum absolute atomic E-state index is 12.8. The molecule has 7 heteroatoms. The van der Waals surface area contributed by atoms with E-state index >= 15 is 0 Å². The van der Waals surface area contributed by atoms with Crippen molar-refractivity contribution < 1.29 is 33.2 Å². The van der Waals surface area contributed by atoms with Gasteiger partial charge in [0.15, 0.2) is 0 Å². The lowest BCUT2D eigenvalue weighted by Gasteiger charge is -2.30. The summed E-state index contributed by atoms with van der Waals surface area (Å²) in [6.45, 7) is 4.37. The van der Waals surface area contributed by atoms with Gasteiger partial charge in [0.1, 0.15) is 18.8 Å². The fraction of sp³-hybridized carbons (Fsp3) is 0.938. The molecule has 0 saturated carbocycles. The van der Waals surface area contributed by atoms with E-state index in [9.17, 15) is 4.79 Å². The molecule has 130 valence electrons. The monoisotopic (exact) mass is 328 g/mol. The number of carbonyl (C=O) groups is 1. The van der Waals surface area contributed by atoms with Gasteiger partial charge in [-0.3, -0.25) is 4.79 Å². The maximum Gasteiger partial charge on any atom is 0.312 e. The van der Waals surface area contributed by atoms with Crippen LogP contribution >= 0.6 is 0 Å². The zero-order valence-electron chi connectivity index (χ0n) is 13.2. The molecule has 7 nitrogen and oxygen atoms in total. The van der Waals surface area contributed by atoms with Crippen LogP contribution in [0.1, 0.15) is 19.3 Å². The minimum absolute atomic E-state index is 0.0780. The molecule has 0 bridgehead atoms. The Bertz CT molecular complexity index is 410. The normalized spacial score (nSPS) is 36.2. The standard InChI is InChI=1S/C16H24O7/c17-15(23-10-14-9-22-14)16(3-11-6-19-11,4-12-7-20-12)1-2-18-5-13-8-21-13/h11-14H,1-10H2. The summed E-state index contributed by atoms with van der Waals surface area (Å²) in [6, 6.07) is 0. The van der Waals surface area contributed by atoms with Gasteiger partial charge >= 0.3 is 5.97 Å². The maximum atomic E-state index is 12.8. The molecular weight excluding hydrogens is 304 g/mol. The SMILES string of the molecule is O=C(OCC1CO1)C(CCOCC1CO1)(CC1CO1)CC1CO1. The van der Waals surface area contributed by atoms with Crippen molar-refractivity contribution in [2.24, 2.45) is 5.41 Å². The highest BCUT2D eigenvalue weighted by Crippen LogP contribution is 2.42. The number of epoxide rings is 4. The van der Waals surface area contributed by atoms with E-state index in [0.717, 1.165) is 19.8 Å². The molecule has 4 fully saturated rings. The van der Waals surface area contributed by atoms with Crippen LogP contribution in [-0.4, -0.2) is 76.6 Å². The highest BCUT2D eigenvalue weighted by Gasteiger charge is 2.49. The lowest BCUT2D eigenvalue weighted by molar-refractivity contribution is -0.159. The molecule has 0 N–H and O–H groups in total. The Kier molecular flexibility index (Phi) is 4.56. The van der Waals surface area contributed by atoms with Crippen LogP contribution in [-0.2, 0) is 33.2 Å². The third kappa shape index (κ3) is 4.87. The van der Waals surface area contributed by atoms with Gasteiger partial charge in [-0.1, -0.05) is 0 Å². The van der Waals surface area contributed by atoms with Crippen molar-refractivity contribution in [2.45, 2.75) is 43.7 Å². The molecule has 0 aromatic rings. The minimum Gasteiger partial charge on any atom is -0.462 e. The smallest absolute Gasteiger partial charge is 0.312 e. The molecule has 4 rings (SSSR count). The first-order chi connectivity index (χ1) is 11.2. The first-order valence-electron chi connectivity index (χ1n) is 8.45. The Labute approximate surface area is 135 Å². The second kappa shape index (κ2) is 6.64. The Hall–Kier alpha value is -0.730. The van der Waals surface area contributed by atoms with E-state index in [1.807, 2.05) is 0 Å². The van der Waals surface area contributed by atoms with Gasteiger partial charge < -0.3 is 28.4 Å². The van der Waals surface area contributed by atoms with Crippen molar-refractivity contribution in [1.29, 1.82) is 0 Å². The van der Waals surface area contributed by atoms with Crippen LogP contribution in [0.3, 0.4) is 0 Å². The molecule has 0 aromatic carbocycles. The van der Waals surface area contributed by atoms with Crippen LogP contribution in [0, 0.1) is 5.41 Å². The molecule has 4 unspecified atom stereocenters. The molecule has 4 aliphatic rings. The highest BCUT2D eigenvalue weighted by molar-refractivity contribution is 5.77. The highest BCUT2D eigenvalue weighted by atomic mass is 16.6. The quantitative estimate of drug-likeness (QED) is 0.289. The number of rotatable bonds is 12. The van der Waals surface area contributed by atoms with Crippen LogP contribution in [0.2, 0.25) is 0 Å². The van der Waals surface area contributed by atoms with Gasteiger partial charge in [0, 0.05) is 6.61 Å². The summed E-state index contributed by atoms with van der Waals surface area (Å²) in [7, 11) is 0. The second-order valence-electron chi connectivity index (χ2n) is 6.93. The Balaban J connectivity index is 1.35. The van der Waals surface area contributed by atoms with Gasteiger partial charge in [-0.2, -0.15) is 0 Å². The third-order valence-electron chi connectivity index (χ3n) is 4.71. The fourth-order valence-corrected chi connectivity index (χ4v) is 2.93. The third-order valence-corrected chi connectivity index (χ3v) is 4.71. The fourth-order valence-electron chi connectivity index (χ4n) is 2.93. The van der Waals surface area contributed by atoms with Gasteiger partial charge in [0.25, 0.3) is 0 Å². The summed E-state index contributed by atoms with van der Waals surface area (Å²) < 4.78 is 32.2. The van der Waals surface area contributed by atoms with E-state index in [2.05, 4.69) is 0 Å². The van der Waals surface area contributed by atoms with Crippen LogP contribution in [0.15, 0.2) is 0 Å².